The number of amides is 1. The maximum atomic E-state index is 13.0. The van der Waals surface area contributed by atoms with E-state index in [1.54, 1.807) is 18.2 Å². The van der Waals surface area contributed by atoms with Crippen LogP contribution >= 0.6 is 0 Å². The lowest BCUT2D eigenvalue weighted by atomic mass is 10.2. The summed E-state index contributed by atoms with van der Waals surface area (Å²) in [6.07, 6.45) is 1.38. The Hall–Kier alpha value is -2.98. The molecule has 0 aliphatic rings. The summed E-state index contributed by atoms with van der Waals surface area (Å²) in [5, 5.41) is 3.80. The molecule has 0 saturated heterocycles. The molecule has 8 nitrogen and oxygen atoms in total. The van der Waals surface area contributed by atoms with Gasteiger partial charge in [0.25, 0.3) is 5.91 Å². The number of halogens is 1. The molecule has 0 heterocycles. The van der Waals surface area contributed by atoms with Gasteiger partial charge in [0.05, 0.1) is 31.9 Å². The van der Waals surface area contributed by atoms with Gasteiger partial charge in [0.15, 0.2) is 11.5 Å². The molecule has 0 atom stereocenters. The largest absolute Gasteiger partial charge is 0.493 e. The number of hydrogen-bond donors (Lipinski definition) is 1. The van der Waals surface area contributed by atoms with Gasteiger partial charge in [-0.2, -0.15) is 9.41 Å². The highest BCUT2D eigenvalue weighted by atomic mass is 32.2. The molecular weight excluding hydrogens is 389 g/mol. The Balaban J connectivity index is 1.98. The van der Waals surface area contributed by atoms with Crippen LogP contribution < -0.4 is 14.9 Å². The molecular formula is C18H20FN3O5S. The topological polar surface area (TPSA) is 97.3 Å². The average Bonchev–Trinajstić information content (AvgIpc) is 2.68. The van der Waals surface area contributed by atoms with Crippen LogP contribution in [0.3, 0.4) is 0 Å². The Labute approximate surface area is 162 Å². The van der Waals surface area contributed by atoms with Crippen molar-refractivity contribution in [2.24, 2.45) is 5.10 Å². The first kappa shape index (κ1) is 21.3. The number of carbonyl (C=O) groups is 1. The van der Waals surface area contributed by atoms with Gasteiger partial charge in [-0.25, -0.2) is 18.2 Å². The molecule has 2 aromatic rings. The van der Waals surface area contributed by atoms with Crippen LogP contribution in [-0.4, -0.2) is 52.7 Å². The number of benzene rings is 2. The molecule has 0 fully saturated rings. The van der Waals surface area contributed by atoms with E-state index in [0.29, 0.717) is 17.1 Å². The van der Waals surface area contributed by atoms with Crippen LogP contribution in [0.2, 0.25) is 0 Å². The Morgan fingerprint density at radius 1 is 1.14 bits per heavy atom. The molecule has 1 N–H and O–H groups in total. The number of likely N-dealkylation sites (N-methyl/N-ethyl adjacent to an activating group) is 1. The van der Waals surface area contributed by atoms with Gasteiger partial charge >= 0.3 is 0 Å². The third-order valence-corrected chi connectivity index (χ3v) is 5.52. The molecule has 0 spiro atoms. The van der Waals surface area contributed by atoms with Gasteiger partial charge in [-0.15, -0.1) is 0 Å². The van der Waals surface area contributed by atoms with Crippen molar-refractivity contribution in [2.45, 2.75) is 4.90 Å². The molecule has 10 heteroatoms. The van der Waals surface area contributed by atoms with Crippen molar-refractivity contribution in [3.8, 4) is 11.5 Å². The third-order valence-electron chi connectivity index (χ3n) is 3.70. The predicted molar refractivity (Wildman–Crippen MR) is 101 cm³/mol. The minimum atomic E-state index is -3.92. The fourth-order valence-electron chi connectivity index (χ4n) is 2.22. The first-order valence-electron chi connectivity index (χ1n) is 8.03. The molecule has 150 valence electrons. The minimum absolute atomic E-state index is 0.113. The molecule has 28 heavy (non-hydrogen) atoms. The highest BCUT2D eigenvalue weighted by Crippen LogP contribution is 2.26. The molecule has 1 amide bonds. The normalized spacial score (nSPS) is 11.6. The molecule has 2 rings (SSSR count). The monoisotopic (exact) mass is 409 g/mol. The van der Waals surface area contributed by atoms with Crippen LogP contribution in [0.1, 0.15) is 5.56 Å². The van der Waals surface area contributed by atoms with E-state index in [4.69, 9.17) is 9.47 Å². The van der Waals surface area contributed by atoms with Crippen molar-refractivity contribution in [2.75, 3.05) is 27.8 Å². The fourth-order valence-corrected chi connectivity index (χ4v) is 3.35. The van der Waals surface area contributed by atoms with Gasteiger partial charge in [-0.1, -0.05) is 0 Å². The number of nitrogens with zero attached hydrogens (tertiary/aromatic N) is 2. The SMILES string of the molecule is COc1ccc(/C=N\NC(=O)CN(C)S(=O)(=O)c2ccc(F)cc2)cc1OC. The minimum Gasteiger partial charge on any atom is -0.493 e. The average molecular weight is 409 g/mol. The zero-order chi connectivity index (χ0) is 20.7. The lowest BCUT2D eigenvalue weighted by Crippen LogP contribution is -2.36. The third kappa shape index (κ3) is 5.27. The Kier molecular flexibility index (Phi) is 7.07. The van der Waals surface area contributed by atoms with Crippen LogP contribution in [-0.2, 0) is 14.8 Å². The van der Waals surface area contributed by atoms with E-state index in [2.05, 4.69) is 10.5 Å². The van der Waals surface area contributed by atoms with E-state index in [9.17, 15) is 17.6 Å². The quantitative estimate of drug-likeness (QED) is 0.528. The standard InChI is InChI=1S/C18H20FN3O5S/c1-22(28(24,25)15-7-5-14(19)6-8-15)12-18(23)21-20-11-13-4-9-16(26-2)17(10-13)27-3/h4-11H,12H2,1-3H3,(H,21,23)/b20-11-. The first-order valence-corrected chi connectivity index (χ1v) is 9.47. The van der Waals surface area contributed by atoms with E-state index >= 15 is 0 Å². The van der Waals surface area contributed by atoms with Gasteiger partial charge in [0.1, 0.15) is 5.82 Å². The lowest BCUT2D eigenvalue weighted by molar-refractivity contribution is -0.121. The van der Waals surface area contributed by atoms with Gasteiger partial charge in [-0.05, 0) is 48.0 Å². The molecule has 2 aromatic carbocycles. The van der Waals surface area contributed by atoms with Gasteiger partial charge in [-0.3, -0.25) is 4.79 Å². The van der Waals surface area contributed by atoms with E-state index in [0.717, 1.165) is 28.6 Å². The van der Waals surface area contributed by atoms with Crippen molar-refractivity contribution < 1.29 is 27.1 Å². The zero-order valence-corrected chi connectivity index (χ0v) is 16.4. The van der Waals surface area contributed by atoms with E-state index in [-0.39, 0.29) is 4.90 Å². The maximum absolute atomic E-state index is 13.0. The summed E-state index contributed by atoms with van der Waals surface area (Å²) in [6.45, 7) is -0.455. The van der Waals surface area contributed by atoms with Gasteiger partial charge in [0.2, 0.25) is 10.0 Å². The molecule has 0 saturated carbocycles. The number of methoxy groups -OCH3 is 2. The summed E-state index contributed by atoms with van der Waals surface area (Å²) in [5.41, 5.74) is 2.90. The number of ether oxygens (including phenoxy) is 2. The number of nitrogens with one attached hydrogen (secondary N) is 1. The lowest BCUT2D eigenvalue weighted by Gasteiger charge is -2.16. The molecule has 0 aliphatic heterocycles. The second-order valence-corrected chi connectivity index (χ2v) is 7.67. The smallest absolute Gasteiger partial charge is 0.255 e. The van der Waals surface area contributed by atoms with Crippen molar-refractivity contribution in [3.05, 3.63) is 53.8 Å². The summed E-state index contributed by atoms with van der Waals surface area (Å²) in [6, 6.07) is 9.40. The Morgan fingerprint density at radius 2 is 1.79 bits per heavy atom. The number of carbonyl (C=O) groups excluding carboxylic acids is 1. The predicted octanol–water partition coefficient (Wildman–Crippen LogP) is 1.61. The van der Waals surface area contributed by atoms with E-state index < -0.39 is 28.3 Å². The zero-order valence-electron chi connectivity index (χ0n) is 15.5. The second kappa shape index (κ2) is 9.29. The molecule has 0 radical (unpaired) electrons. The molecule has 0 bridgehead atoms. The summed E-state index contributed by atoms with van der Waals surface area (Å²) in [7, 11) is 0.339. The van der Waals surface area contributed by atoms with Crippen molar-refractivity contribution in [3.63, 3.8) is 0 Å². The summed E-state index contributed by atoms with van der Waals surface area (Å²) in [5.74, 6) is -0.132. The summed E-state index contributed by atoms with van der Waals surface area (Å²) < 4.78 is 48.8. The van der Waals surface area contributed by atoms with Gasteiger partial charge < -0.3 is 9.47 Å². The van der Waals surface area contributed by atoms with Crippen LogP contribution in [0.4, 0.5) is 4.39 Å². The van der Waals surface area contributed by atoms with Gasteiger partial charge in [0, 0.05) is 7.05 Å². The van der Waals surface area contributed by atoms with Crippen LogP contribution in [0.25, 0.3) is 0 Å². The Morgan fingerprint density at radius 3 is 2.39 bits per heavy atom. The molecule has 0 aliphatic carbocycles. The first-order chi connectivity index (χ1) is 13.3. The van der Waals surface area contributed by atoms with E-state index in [1.807, 2.05) is 0 Å². The van der Waals surface area contributed by atoms with Crippen molar-refractivity contribution in [1.29, 1.82) is 0 Å². The number of hydrogen-bond acceptors (Lipinski definition) is 6. The number of rotatable bonds is 8. The second-order valence-electron chi connectivity index (χ2n) is 5.62. The fraction of sp³-hybridized carbons (Fsp3) is 0.222. The number of hydrazone groups is 1. The van der Waals surface area contributed by atoms with Crippen LogP contribution in [0, 0.1) is 5.82 Å². The highest BCUT2D eigenvalue weighted by Gasteiger charge is 2.22. The summed E-state index contributed by atoms with van der Waals surface area (Å²) >= 11 is 0. The van der Waals surface area contributed by atoms with Crippen LogP contribution in [0.15, 0.2) is 52.5 Å². The van der Waals surface area contributed by atoms with Crippen LogP contribution in [0.5, 0.6) is 11.5 Å². The van der Waals surface area contributed by atoms with E-state index in [1.165, 1.54) is 27.5 Å². The van der Waals surface area contributed by atoms with Crippen molar-refractivity contribution in [1.82, 2.24) is 9.73 Å². The molecule has 0 unspecified atom stereocenters. The summed E-state index contributed by atoms with van der Waals surface area (Å²) in [4.78, 5) is 11.9. The molecule has 0 aromatic heterocycles. The maximum Gasteiger partial charge on any atom is 0.255 e. The highest BCUT2D eigenvalue weighted by molar-refractivity contribution is 7.89. The Bertz CT molecular complexity index is 962. The number of sulfonamides is 1. The van der Waals surface area contributed by atoms with Crippen molar-refractivity contribution >= 4 is 22.1 Å².